The number of nitrogens with one attached hydrogen (secondary N) is 1. The molecule has 1 aliphatic carbocycles. The summed E-state index contributed by atoms with van der Waals surface area (Å²) in [5.74, 6) is -0.370. The summed E-state index contributed by atoms with van der Waals surface area (Å²) >= 11 is 0. The smallest absolute Gasteiger partial charge is 0.248 e. The Morgan fingerprint density at radius 3 is 2.67 bits per heavy atom. The monoisotopic (exact) mass is 280 g/mol. The van der Waals surface area contributed by atoms with Crippen LogP contribution in [0.1, 0.15) is 33.5 Å². The topological polar surface area (TPSA) is 55.1 Å². The Labute approximate surface area is 125 Å². The highest BCUT2D eigenvalue weighted by Gasteiger charge is 2.18. The predicted octanol–water partition coefficient (Wildman–Crippen LogP) is 3.06. The molecule has 2 aromatic carbocycles. The average Bonchev–Trinajstić information content (AvgIpc) is 2.47. The van der Waals surface area contributed by atoms with Gasteiger partial charge < -0.3 is 11.1 Å². The second kappa shape index (κ2) is 5.60. The molecule has 0 aliphatic heterocycles. The highest BCUT2D eigenvalue weighted by molar-refractivity contribution is 5.94. The van der Waals surface area contributed by atoms with Gasteiger partial charge in [-0.1, -0.05) is 24.3 Å². The van der Waals surface area contributed by atoms with Crippen molar-refractivity contribution in [3.05, 3.63) is 64.7 Å². The number of carbonyl (C=O) groups excluding carboxylic acids is 1. The van der Waals surface area contributed by atoms with Crippen LogP contribution < -0.4 is 11.1 Å². The SMILES string of the molecule is Cc1cc(N[C@@H]2CCc3ccccc3C2)ccc1C(N)=O. The summed E-state index contributed by atoms with van der Waals surface area (Å²) in [5.41, 5.74) is 10.8. The zero-order chi connectivity index (χ0) is 14.8. The molecular weight excluding hydrogens is 260 g/mol. The first kappa shape index (κ1) is 13.7. The zero-order valence-corrected chi connectivity index (χ0v) is 12.2. The number of anilines is 1. The molecule has 0 saturated carbocycles. The Kier molecular flexibility index (Phi) is 3.65. The first-order valence-corrected chi connectivity index (χ1v) is 7.37. The van der Waals surface area contributed by atoms with E-state index in [9.17, 15) is 4.79 Å². The lowest BCUT2D eigenvalue weighted by Gasteiger charge is -2.26. The maximum absolute atomic E-state index is 11.3. The summed E-state index contributed by atoms with van der Waals surface area (Å²) in [6, 6.07) is 14.8. The molecule has 1 amide bonds. The maximum atomic E-state index is 11.3. The molecule has 21 heavy (non-hydrogen) atoms. The van der Waals surface area contributed by atoms with Crippen LogP contribution in [0, 0.1) is 6.92 Å². The number of benzene rings is 2. The molecule has 0 radical (unpaired) electrons. The maximum Gasteiger partial charge on any atom is 0.248 e. The van der Waals surface area contributed by atoms with E-state index >= 15 is 0 Å². The first-order chi connectivity index (χ1) is 10.1. The van der Waals surface area contributed by atoms with E-state index in [0.717, 1.165) is 30.5 Å². The number of nitrogens with two attached hydrogens (primary N) is 1. The van der Waals surface area contributed by atoms with Gasteiger partial charge in [-0.05, 0) is 61.1 Å². The number of hydrogen-bond donors (Lipinski definition) is 2. The van der Waals surface area contributed by atoms with Gasteiger partial charge in [0, 0.05) is 17.3 Å². The standard InChI is InChI=1S/C18H20N2O/c1-12-10-15(8-9-17(12)18(19)21)20-16-7-6-13-4-2-3-5-14(13)11-16/h2-5,8-10,16,20H,6-7,11H2,1H3,(H2,19,21)/t16-/m1/s1. The van der Waals surface area contributed by atoms with Gasteiger partial charge in [0.15, 0.2) is 0 Å². The third-order valence-electron chi connectivity index (χ3n) is 4.21. The van der Waals surface area contributed by atoms with E-state index < -0.39 is 0 Å². The Morgan fingerprint density at radius 2 is 1.95 bits per heavy atom. The lowest BCUT2D eigenvalue weighted by Crippen LogP contribution is -2.27. The van der Waals surface area contributed by atoms with E-state index in [2.05, 4.69) is 29.6 Å². The quantitative estimate of drug-likeness (QED) is 0.908. The Bertz CT molecular complexity index is 679. The molecule has 0 fully saturated rings. The van der Waals surface area contributed by atoms with E-state index in [1.165, 1.54) is 11.1 Å². The van der Waals surface area contributed by atoms with Crippen LogP contribution in [0.5, 0.6) is 0 Å². The fraction of sp³-hybridized carbons (Fsp3) is 0.278. The van der Waals surface area contributed by atoms with Crippen LogP contribution in [0.4, 0.5) is 5.69 Å². The van der Waals surface area contributed by atoms with E-state index in [0.29, 0.717) is 11.6 Å². The first-order valence-electron chi connectivity index (χ1n) is 7.37. The van der Waals surface area contributed by atoms with Crippen LogP contribution in [-0.4, -0.2) is 11.9 Å². The van der Waals surface area contributed by atoms with Crippen molar-refractivity contribution in [1.82, 2.24) is 0 Å². The summed E-state index contributed by atoms with van der Waals surface area (Å²) < 4.78 is 0. The van der Waals surface area contributed by atoms with Crippen molar-refractivity contribution in [3.63, 3.8) is 0 Å². The largest absolute Gasteiger partial charge is 0.382 e. The summed E-state index contributed by atoms with van der Waals surface area (Å²) in [7, 11) is 0. The number of fused-ring (bicyclic) bond motifs is 1. The summed E-state index contributed by atoms with van der Waals surface area (Å²) in [4.78, 5) is 11.3. The molecule has 0 spiro atoms. The predicted molar refractivity (Wildman–Crippen MR) is 85.6 cm³/mol. The zero-order valence-electron chi connectivity index (χ0n) is 12.2. The number of rotatable bonds is 3. The minimum absolute atomic E-state index is 0.370. The van der Waals surface area contributed by atoms with E-state index in [4.69, 9.17) is 5.73 Å². The molecule has 3 heteroatoms. The Hall–Kier alpha value is -2.29. The molecule has 0 heterocycles. The van der Waals surface area contributed by atoms with Crippen molar-refractivity contribution in [2.75, 3.05) is 5.32 Å². The minimum atomic E-state index is -0.370. The highest BCUT2D eigenvalue weighted by Crippen LogP contribution is 2.24. The third kappa shape index (κ3) is 2.92. The number of primary amides is 1. The van der Waals surface area contributed by atoms with Crippen LogP contribution in [0.15, 0.2) is 42.5 Å². The van der Waals surface area contributed by atoms with E-state index in [1.807, 2.05) is 19.1 Å². The number of hydrogen-bond acceptors (Lipinski definition) is 2. The number of amides is 1. The van der Waals surface area contributed by atoms with Crippen LogP contribution in [0.2, 0.25) is 0 Å². The van der Waals surface area contributed by atoms with Crippen molar-refractivity contribution in [2.24, 2.45) is 5.73 Å². The highest BCUT2D eigenvalue weighted by atomic mass is 16.1. The van der Waals surface area contributed by atoms with Gasteiger partial charge in [0.2, 0.25) is 5.91 Å². The molecule has 0 saturated heterocycles. The fourth-order valence-electron chi connectivity index (χ4n) is 3.09. The van der Waals surface area contributed by atoms with Gasteiger partial charge in [-0.3, -0.25) is 4.79 Å². The second-order valence-electron chi connectivity index (χ2n) is 5.75. The van der Waals surface area contributed by atoms with Crippen molar-refractivity contribution in [2.45, 2.75) is 32.2 Å². The number of carbonyl (C=O) groups is 1. The molecule has 1 atom stereocenters. The lowest BCUT2D eigenvalue weighted by atomic mass is 9.88. The Morgan fingerprint density at radius 1 is 1.19 bits per heavy atom. The molecule has 0 bridgehead atoms. The van der Waals surface area contributed by atoms with Crippen LogP contribution in [-0.2, 0) is 12.8 Å². The van der Waals surface area contributed by atoms with Gasteiger partial charge in [-0.2, -0.15) is 0 Å². The van der Waals surface area contributed by atoms with E-state index in [-0.39, 0.29) is 5.91 Å². The molecule has 3 N–H and O–H groups in total. The molecule has 0 unspecified atom stereocenters. The van der Waals surface area contributed by atoms with Crippen LogP contribution in [0.3, 0.4) is 0 Å². The normalized spacial score (nSPS) is 17.1. The summed E-state index contributed by atoms with van der Waals surface area (Å²) in [5, 5.41) is 3.58. The van der Waals surface area contributed by atoms with Crippen molar-refractivity contribution >= 4 is 11.6 Å². The van der Waals surface area contributed by atoms with Crippen LogP contribution >= 0.6 is 0 Å². The molecule has 3 nitrogen and oxygen atoms in total. The minimum Gasteiger partial charge on any atom is -0.382 e. The van der Waals surface area contributed by atoms with Gasteiger partial charge in [-0.15, -0.1) is 0 Å². The molecule has 3 rings (SSSR count). The third-order valence-corrected chi connectivity index (χ3v) is 4.21. The molecular formula is C18H20N2O. The van der Waals surface area contributed by atoms with Crippen LogP contribution in [0.25, 0.3) is 0 Å². The average molecular weight is 280 g/mol. The van der Waals surface area contributed by atoms with Gasteiger partial charge in [0.1, 0.15) is 0 Å². The second-order valence-corrected chi connectivity index (χ2v) is 5.75. The molecule has 108 valence electrons. The van der Waals surface area contributed by atoms with Gasteiger partial charge >= 0.3 is 0 Å². The molecule has 2 aromatic rings. The molecule has 0 aromatic heterocycles. The molecule has 1 aliphatic rings. The van der Waals surface area contributed by atoms with E-state index in [1.54, 1.807) is 6.07 Å². The summed E-state index contributed by atoms with van der Waals surface area (Å²) in [6.45, 7) is 1.92. The van der Waals surface area contributed by atoms with Crippen molar-refractivity contribution in [1.29, 1.82) is 0 Å². The Balaban J connectivity index is 1.73. The lowest BCUT2D eigenvalue weighted by molar-refractivity contribution is 0.1000. The van der Waals surface area contributed by atoms with Gasteiger partial charge in [-0.25, -0.2) is 0 Å². The van der Waals surface area contributed by atoms with Gasteiger partial charge in [0.05, 0.1) is 0 Å². The van der Waals surface area contributed by atoms with Crippen molar-refractivity contribution in [3.8, 4) is 0 Å². The number of aryl methyl sites for hydroxylation is 2. The van der Waals surface area contributed by atoms with Gasteiger partial charge in [0.25, 0.3) is 0 Å². The van der Waals surface area contributed by atoms with Crippen molar-refractivity contribution < 1.29 is 4.79 Å². The summed E-state index contributed by atoms with van der Waals surface area (Å²) in [6.07, 6.45) is 3.30. The fourth-order valence-corrected chi connectivity index (χ4v) is 3.09.